The van der Waals surface area contributed by atoms with Crippen LogP contribution in [0.5, 0.6) is 0 Å². The summed E-state index contributed by atoms with van der Waals surface area (Å²) >= 11 is -2.03. The van der Waals surface area contributed by atoms with Gasteiger partial charge >= 0.3 is 128 Å². The first-order valence-corrected chi connectivity index (χ1v) is 14.3. The summed E-state index contributed by atoms with van der Waals surface area (Å²) in [5.41, 5.74) is -0.267. The Balaban J connectivity index is 3.42. The fraction of sp³-hybridized carbons (Fsp3) is 0.545. The van der Waals surface area contributed by atoms with Crippen molar-refractivity contribution in [3.8, 4) is 0 Å². The number of azo groups is 1. The van der Waals surface area contributed by atoms with Crippen LogP contribution in [0.1, 0.15) is 6.92 Å². The van der Waals surface area contributed by atoms with E-state index in [4.69, 9.17) is 9.47 Å². The van der Waals surface area contributed by atoms with Gasteiger partial charge in [-0.05, 0) is 0 Å². The molecule has 1 unspecified atom stereocenters. The Morgan fingerprint density at radius 1 is 1.35 bits per heavy atom. The van der Waals surface area contributed by atoms with Crippen LogP contribution in [0.3, 0.4) is 0 Å². The molecule has 1 atom stereocenters. The summed E-state index contributed by atoms with van der Waals surface area (Å²) in [7, 11) is 2.39. The standard InChI is InChI=1S/C10H11N2O6.CH3.Hg/c1-4-18-10(15)7-5(8(13)16-2)6(11-12-7)9(14)17-3;;/h4H2,1-3H3;1H3;/p+1. The normalized spacial score (nSPS) is 20.4. The average molecular weight is 472 g/mol. The summed E-state index contributed by atoms with van der Waals surface area (Å²) in [6.07, 6.45) is 0. The van der Waals surface area contributed by atoms with Gasteiger partial charge < -0.3 is 0 Å². The minimum atomic E-state index is -2.03. The summed E-state index contributed by atoms with van der Waals surface area (Å²) in [4.78, 5) is 33.8. The Labute approximate surface area is 128 Å². The molecule has 0 aromatic heterocycles. The number of carbonyl (C=O) groups excluding carboxylic acids is 3. The van der Waals surface area contributed by atoms with E-state index in [9.17, 15) is 14.4 Å². The van der Waals surface area contributed by atoms with Crippen LogP contribution in [-0.4, -0.2) is 46.6 Å². The maximum absolute atomic E-state index is 12.2. The van der Waals surface area contributed by atoms with Gasteiger partial charge in [0.15, 0.2) is 0 Å². The zero-order valence-electron chi connectivity index (χ0n) is 11.8. The molecule has 0 saturated heterocycles. The molecule has 1 heterocycles. The first-order valence-electron chi connectivity index (χ1n) is 6.01. The van der Waals surface area contributed by atoms with Crippen LogP contribution in [0.2, 0.25) is 4.43 Å². The second-order valence-corrected chi connectivity index (χ2v) is 10.6. The molecule has 0 radical (unpaired) electrons. The molecule has 8 nitrogen and oxygen atoms in total. The number of hydrogen-bond acceptors (Lipinski definition) is 7. The van der Waals surface area contributed by atoms with Gasteiger partial charge in [-0.25, -0.2) is 0 Å². The fourth-order valence-corrected chi connectivity index (χ4v) is 6.79. The van der Waals surface area contributed by atoms with Gasteiger partial charge in [-0.3, -0.25) is 0 Å². The van der Waals surface area contributed by atoms with Crippen LogP contribution in [0.4, 0.5) is 0 Å². The van der Waals surface area contributed by atoms with Gasteiger partial charge in [-0.1, -0.05) is 0 Å². The van der Waals surface area contributed by atoms with Crippen molar-refractivity contribution in [1.29, 1.82) is 0 Å². The molecule has 1 aliphatic heterocycles. The summed E-state index contributed by atoms with van der Waals surface area (Å²) < 4.78 is 14.8. The van der Waals surface area contributed by atoms with Crippen molar-refractivity contribution in [2.45, 2.75) is 14.4 Å². The van der Waals surface area contributed by atoms with Crippen LogP contribution < -0.4 is 0 Å². The zero-order chi connectivity index (χ0) is 15.3. The molecule has 0 aliphatic carbocycles. The first kappa shape index (κ1) is 16.7. The van der Waals surface area contributed by atoms with Crippen LogP contribution in [0.15, 0.2) is 21.5 Å². The Hall–Kier alpha value is -1.31. The van der Waals surface area contributed by atoms with Crippen LogP contribution >= 0.6 is 0 Å². The molecular weight excluding hydrogens is 457 g/mol. The van der Waals surface area contributed by atoms with E-state index in [0.717, 1.165) is 0 Å². The molecule has 0 saturated carbocycles. The molecule has 1 rings (SSSR count). The third-order valence-electron chi connectivity index (χ3n) is 2.88. The molecule has 0 fully saturated rings. The Morgan fingerprint density at radius 3 is 2.45 bits per heavy atom. The number of esters is 3. The molecule has 0 aromatic rings. The van der Waals surface area contributed by atoms with E-state index in [0.29, 0.717) is 0 Å². The van der Waals surface area contributed by atoms with Gasteiger partial charge in [0.25, 0.3) is 0 Å². The fourth-order valence-electron chi connectivity index (χ4n) is 1.84. The molecular formula is C11H15HgN2O6+. The molecule has 0 amide bonds. The summed E-state index contributed by atoms with van der Waals surface area (Å²) in [6.45, 7) is 1.83. The molecule has 20 heavy (non-hydrogen) atoms. The third-order valence-corrected chi connectivity index (χ3v) is 9.91. The van der Waals surface area contributed by atoms with Crippen molar-refractivity contribution in [3.63, 3.8) is 0 Å². The van der Waals surface area contributed by atoms with Gasteiger partial charge in [0.05, 0.1) is 0 Å². The van der Waals surface area contributed by atoms with E-state index in [1.165, 1.54) is 14.2 Å². The van der Waals surface area contributed by atoms with Crippen LogP contribution in [0.25, 0.3) is 0 Å². The van der Waals surface area contributed by atoms with Crippen molar-refractivity contribution in [2.24, 2.45) is 10.2 Å². The topological polar surface area (TPSA) is 108 Å². The third kappa shape index (κ3) is 2.74. The Morgan fingerprint density at radius 2 is 2.00 bits per heavy atom. The van der Waals surface area contributed by atoms with Gasteiger partial charge in [-0.2, -0.15) is 0 Å². The molecule has 0 aromatic carbocycles. The molecule has 9 heteroatoms. The van der Waals surface area contributed by atoms with Gasteiger partial charge in [0, 0.05) is 0 Å². The number of ether oxygens (including phenoxy) is 3. The first-order chi connectivity index (χ1) is 9.48. The second kappa shape index (κ2) is 6.91. The van der Waals surface area contributed by atoms with E-state index in [2.05, 4.69) is 15.0 Å². The average Bonchev–Trinajstić information content (AvgIpc) is 2.86. The molecule has 1 aliphatic rings. The number of hydrogen-bond donors (Lipinski definition) is 0. The SMILES string of the molecule is CCOC(=O)[C]1([Hg][CH3])N=NC(C(=O)OC)=C1C(=[OH+])OC. The monoisotopic (exact) mass is 473 g/mol. The van der Waals surface area contributed by atoms with Crippen molar-refractivity contribution in [1.82, 2.24) is 0 Å². The van der Waals surface area contributed by atoms with E-state index in [1.807, 2.05) is 4.43 Å². The maximum atomic E-state index is 12.2. The van der Waals surface area contributed by atoms with Gasteiger partial charge in [-0.15, -0.1) is 0 Å². The van der Waals surface area contributed by atoms with Gasteiger partial charge in [0.2, 0.25) is 0 Å². The second-order valence-electron chi connectivity index (χ2n) is 3.86. The van der Waals surface area contributed by atoms with E-state index in [-0.39, 0.29) is 17.9 Å². The van der Waals surface area contributed by atoms with Crippen LogP contribution in [-0.2, 0) is 48.4 Å². The summed E-state index contributed by atoms with van der Waals surface area (Å²) in [5, 5.41) is 7.63. The van der Waals surface area contributed by atoms with Crippen molar-refractivity contribution in [3.05, 3.63) is 11.3 Å². The summed E-state index contributed by atoms with van der Waals surface area (Å²) in [6, 6.07) is 0. The number of nitrogens with zero attached hydrogens (tertiary/aromatic N) is 2. The zero-order valence-corrected chi connectivity index (χ0v) is 17.3. The number of carbonyl (C=O) groups is 2. The van der Waals surface area contributed by atoms with Crippen molar-refractivity contribution < 1.29 is 53.2 Å². The van der Waals surface area contributed by atoms with E-state index in [1.54, 1.807) is 6.92 Å². The van der Waals surface area contributed by atoms with Crippen molar-refractivity contribution in [2.75, 3.05) is 20.8 Å². The molecule has 1 N–H and O–H groups in total. The quantitative estimate of drug-likeness (QED) is 0.250. The number of rotatable bonds is 5. The number of methoxy groups -OCH3 is 2. The van der Waals surface area contributed by atoms with Crippen molar-refractivity contribution >= 4 is 17.9 Å². The predicted molar refractivity (Wildman–Crippen MR) is 63.1 cm³/mol. The Bertz CT molecular complexity index is 501. The molecule has 106 valence electrons. The Kier molecular flexibility index (Phi) is 5.79. The molecule has 0 spiro atoms. The predicted octanol–water partition coefficient (Wildman–Crippen LogP) is 0.418. The van der Waals surface area contributed by atoms with Crippen LogP contribution in [0, 0.1) is 0 Å². The van der Waals surface area contributed by atoms with Gasteiger partial charge in [0.1, 0.15) is 0 Å². The minimum absolute atomic E-state index is 0.0468. The summed E-state index contributed by atoms with van der Waals surface area (Å²) in [5.74, 6) is -1.98. The molecule has 0 bridgehead atoms. The van der Waals surface area contributed by atoms with E-state index < -0.39 is 45.5 Å². The van der Waals surface area contributed by atoms with E-state index >= 15 is 0 Å².